The van der Waals surface area contributed by atoms with Gasteiger partial charge >= 0.3 is 0 Å². The van der Waals surface area contributed by atoms with E-state index in [4.69, 9.17) is 14.2 Å². The van der Waals surface area contributed by atoms with Crippen molar-refractivity contribution in [2.24, 2.45) is 0 Å². The molecule has 184 valence electrons. The number of fused-ring (bicyclic) bond motifs is 3. The quantitative estimate of drug-likeness (QED) is 0.348. The number of aromatic nitrogens is 4. The highest BCUT2D eigenvalue weighted by molar-refractivity contribution is 7.23. The van der Waals surface area contributed by atoms with Gasteiger partial charge in [-0.2, -0.15) is 0 Å². The summed E-state index contributed by atoms with van der Waals surface area (Å²) in [4.78, 5) is 23.9. The lowest BCUT2D eigenvalue weighted by Crippen LogP contribution is -2.50. The lowest BCUT2D eigenvalue weighted by molar-refractivity contribution is -0.117. The van der Waals surface area contributed by atoms with Crippen molar-refractivity contribution in [3.8, 4) is 17.1 Å². The van der Waals surface area contributed by atoms with Crippen LogP contribution in [-0.4, -0.2) is 44.5 Å². The fraction of sp³-hybridized carbons (Fsp3) is 0.333. The molecule has 0 saturated carbocycles. The maximum absolute atomic E-state index is 12.6. The molecule has 0 unspecified atom stereocenters. The van der Waals surface area contributed by atoms with Crippen LogP contribution < -0.4 is 10.1 Å². The van der Waals surface area contributed by atoms with E-state index in [0.717, 1.165) is 51.0 Å². The van der Waals surface area contributed by atoms with Gasteiger partial charge in [0.1, 0.15) is 22.5 Å². The molecule has 0 atom stereocenters. The first-order chi connectivity index (χ1) is 17.3. The Labute approximate surface area is 212 Å². The first-order valence-electron chi connectivity index (χ1n) is 12.0. The molecule has 9 heteroatoms. The molecule has 5 heterocycles. The van der Waals surface area contributed by atoms with Gasteiger partial charge in [0.25, 0.3) is 0 Å². The van der Waals surface area contributed by atoms with E-state index in [1.165, 1.54) is 0 Å². The fourth-order valence-electron chi connectivity index (χ4n) is 4.12. The van der Waals surface area contributed by atoms with Crippen LogP contribution in [0.5, 0.6) is 5.88 Å². The lowest BCUT2D eigenvalue weighted by Gasteiger charge is -2.27. The van der Waals surface area contributed by atoms with Crippen molar-refractivity contribution < 1.29 is 14.1 Å². The van der Waals surface area contributed by atoms with E-state index in [-0.39, 0.29) is 23.7 Å². The Hall–Kier alpha value is -3.56. The number of rotatable bonds is 7. The normalized spacial score (nSPS) is 14.4. The van der Waals surface area contributed by atoms with Crippen LogP contribution in [0.15, 0.2) is 53.2 Å². The predicted octanol–water partition coefficient (Wildman–Crippen LogP) is 4.60. The Kier molecular flexibility index (Phi) is 5.61. The van der Waals surface area contributed by atoms with E-state index < -0.39 is 0 Å². The first kappa shape index (κ1) is 22.9. The summed E-state index contributed by atoms with van der Waals surface area (Å²) in [6.45, 7) is 7.91. The molecule has 1 aromatic carbocycles. The number of pyridine rings is 1. The van der Waals surface area contributed by atoms with E-state index in [9.17, 15) is 4.79 Å². The highest BCUT2D eigenvalue weighted by atomic mass is 32.1. The third kappa shape index (κ3) is 4.52. The van der Waals surface area contributed by atoms with Crippen LogP contribution >= 0.6 is 11.3 Å². The standard InChI is InChI=1S/C27H27N5O3S/c1-27(2,3)23-12-18(31-35-23)11-19(33)10-16-4-6-17(7-5-16)21-15-32-22-8-9-24(34-20-13-28-14-20)30-25(22)36-26(32)29-21/h4-9,12,15,20,28H,10-11,13-14H2,1-3H3. The highest BCUT2D eigenvalue weighted by Gasteiger charge is 2.21. The minimum Gasteiger partial charge on any atom is -0.472 e. The molecule has 4 aromatic heterocycles. The largest absolute Gasteiger partial charge is 0.472 e. The van der Waals surface area contributed by atoms with E-state index in [0.29, 0.717) is 18.0 Å². The number of hydrogen-bond acceptors (Lipinski definition) is 8. The Bertz CT molecular complexity index is 1550. The number of Topliss-reactive ketones (excluding diaryl/α,β-unsaturated/α-hetero) is 1. The van der Waals surface area contributed by atoms with Gasteiger partial charge < -0.3 is 14.6 Å². The molecule has 5 aromatic rings. The van der Waals surface area contributed by atoms with Gasteiger partial charge in [0, 0.05) is 48.8 Å². The van der Waals surface area contributed by atoms with Gasteiger partial charge in [-0.15, -0.1) is 0 Å². The fourth-order valence-corrected chi connectivity index (χ4v) is 5.10. The minimum atomic E-state index is -0.126. The second-order valence-corrected chi connectivity index (χ2v) is 11.2. The molecular formula is C27H27N5O3S. The third-order valence-electron chi connectivity index (χ3n) is 6.29. The molecule has 0 aliphatic carbocycles. The molecule has 1 aliphatic heterocycles. The van der Waals surface area contributed by atoms with Crippen molar-refractivity contribution in [2.45, 2.75) is 45.1 Å². The molecule has 1 fully saturated rings. The zero-order valence-electron chi connectivity index (χ0n) is 20.4. The molecule has 1 aliphatic rings. The number of thiazole rings is 1. The van der Waals surface area contributed by atoms with Crippen LogP contribution in [0.1, 0.15) is 37.8 Å². The number of carbonyl (C=O) groups excluding carboxylic acids is 1. The van der Waals surface area contributed by atoms with Crippen molar-refractivity contribution >= 4 is 32.4 Å². The molecule has 0 bridgehead atoms. The summed E-state index contributed by atoms with van der Waals surface area (Å²) in [6.07, 6.45) is 2.86. The van der Waals surface area contributed by atoms with Gasteiger partial charge in [0.15, 0.2) is 4.96 Å². The Morgan fingerprint density at radius 3 is 2.64 bits per heavy atom. The van der Waals surface area contributed by atoms with Crippen molar-refractivity contribution in [3.05, 3.63) is 65.7 Å². The molecule has 8 nitrogen and oxygen atoms in total. The number of benzene rings is 1. The SMILES string of the molecule is CC(C)(C)c1cc(CC(=O)Cc2ccc(-c3cn4c(n3)sc3nc(OC5CNC5)ccc34)cc2)no1. The number of ketones is 1. The van der Waals surface area contributed by atoms with Crippen LogP contribution in [0, 0.1) is 0 Å². The second-order valence-electron chi connectivity index (χ2n) is 10.3. The Balaban J connectivity index is 1.14. The topological polar surface area (TPSA) is 94.6 Å². The number of carbonyl (C=O) groups is 1. The third-order valence-corrected chi connectivity index (χ3v) is 7.26. The van der Waals surface area contributed by atoms with E-state index in [2.05, 4.69) is 40.6 Å². The summed E-state index contributed by atoms with van der Waals surface area (Å²) in [7, 11) is 0. The van der Waals surface area contributed by atoms with Crippen LogP contribution in [0.4, 0.5) is 0 Å². The molecule has 1 saturated heterocycles. The number of nitrogens with one attached hydrogen (secondary N) is 1. The van der Waals surface area contributed by atoms with Gasteiger partial charge in [-0.1, -0.05) is 61.5 Å². The zero-order chi connectivity index (χ0) is 24.9. The summed E-state index contributed by atoms with van der Waals surface area (Å²) < 4.78 is 13.3. The molecule has 0 amide bonds. The Morgan fingerprint density at radius 2 is 1.94 bits per heavy atom. The average molecular weight is 502 g/mol. The van der Waals surface area contributed by atoms with Gasteiger partial charge in [0.05, 0.1) is 23.3 Å². The maximum Gasteiger partial charge on any atom is 0.215 e. The summed E-state index contributed by atoms with van der Waals surface area (Å²) in [5.74, 6) is 1.55. The van der Waals surface area contributed by atoms with Crippen LogP contribution in [-0.2, 0) is 23.1 Å². The van der Waals surface area contributed by atoms with Gasteiger partial charge in [-0.05, 0) is 11.6 Å². The van der Waals surface area contributed by atoms with Gasteiger partial charge in [0.2, 0.25) is 5.88 Å². The highest BCUT2D eigenvalue weighted by Crippen LogP contribution is 2.30. The maximum atomic E-state index is 12.6. The minimum absolute atomic E-state index is 0.106. The van der Waals surface area contributed by atoms with Crippen molar-refractivity contribution in [1.29, 1.82) is 0 Å². The zero-order valence-corrected chi connectivity index (χ0v) is 21.3. The lowest BCUT2D eigenvalue weighted by atomic mass is 9.93. The monoisotopic (exact) mass is 501 g/mol. The number of nitrogens with zero attached hydrogens (tertiary/aromatic N) is 4. The number of ether oxygens (including phenoxy) is 1. The van der Waals surface area contributed by atoms with Crippen LogP contribution in [0.25, 0.3) is 26.6 Å². The Morgan fingerprint density at radius 1 is 1.14 bits per heavy atom. The van der Waals surface area contributed by atoms with E-state index in [1.54, 1.807) is 11.3 Å². The number of hydrogen-bond donors (Lipinski definition) is 1. The van der Waals surface area contributed by atoms with Crippen LogP contribution in [0.3, 0.4) is 0 Å². The van der Waals surface area contributed by atoms with E-state index in [1.807, 2.05) is 48.7 Å². The summed E-state index contributed by atoms with van der Waals surface area (Å²) in [6, 6.07) is 13.8. The molecule has 1 N–H and O–H groups in total. The smallest absolute Gasteiger partial charge is 0.215 e. The van der Waals surface area contributed by atoms with Gasteiger partial charge in [-0.3, -0.25) is 9.20 Å². The molecule has 36 heavy (non-hydrogen) atoms. The molecular weight excluding hydrogens is 474 g/mol. The predicted molar refractivity (Wildman–Crippen MR) is 139 cm³/mol. The number of imidazole rings is 1. The summed E-state index contributed by atoms with van der Waals surface area (Å²) >= 11 is 1.55. The van der Waals surface area contributed by atoms with E-state index >= 15 is 0 Å². The second kappa shape index (κ2) is 8.83. The van der Waals surface area contributed by atoms with Crippen molar-refractivity contribution in [2.75, 3.05) is 13.1 Å². The van der Waals surface area contributed by atoms with Gasteiger partial charge in [-0.25, -0.2) is 9.97 Å². The van der Waals surface area contributed by atoms with Crippen molar-refractivity contribution in [3.63, 3.8) is 0 Å². The summed E-state index contributed by atoms with van der Waals surface area (Å²) in [5, 5.41) is 7.26. The first-order valence-corrected chi connectivity index (χ1v) is 12.9. The average Bonchev–Trinajstić information content (AvgIpc) is 3.51. The van der Waals surface area contributed by atoms with Crippen LogP contribution in [0.2, 0.25) is 0 Å². The summed E-state index contributed by atoms with van der Waals surface area (Å²) in [5.41, 5.74) is 4.43. The molecule has 6 rings (SSSR count). The van der Waals surface area contributed by atoms with Crippen molar-refractivity contribution in [1.82, 2.24) is 24.8 Å². The molecule has 0 spiro atoms. The molecule has 0 radical (unpaired) electrons.